The zero-order valence-corrected chi connectivity index (χ0v) is 11.7. The molecule has 0 unspecified atom stereocenters. The molecule has 1 aromatic carbocycles. The number of aryl methyl sites for hydroxylation is 1. The van der Waals surface area contributed by atoms with E-state index < -0.39 is 0 Å². The molecule has 0 atom stereocenters. The molecular formula is C17H21NO. The molecule has 1 saturated carbocycles. The van der Waals surface area contributed by atoms with Crippen LogP contribution in [0.3, 0.4) is 0 Å². The van der Waals surface area contributed by atoms with E-state index in [1.54, 1.807) is 0 Å². The lowest BCUT2D eigenvalue weighted by molar-refractivity contribution is 0.598. The SMILES string of the molecule is C/C(=C/CCNC1CC1)c1cc2cc(C)ccc2o1. The molecule has 0 amide bonds. The van der Waals surface area contributed by atoms with Crippen LogP contribution >= 0.6 is 0 Å². The topological polar surface area (TPSA) is 25.2 Å². The van der Waals surface area contributed by atoms with Gasteiger partial charge in [0.1, 0.15) is 11.3 Å². The van der Waals surface area contributed by atoms with E-state index in [0.717, 1.165) is 30.4 Å². The van der Waals surface area contributed by atoms with E-state index in [1.807, 2.05) is 0 Å². The molecule has 2 nitrogen and oxygen atoms in total. The van der Waals surface area contributed by atoms with Gasteiger partial charge in [-0.05, 0) is 63.4 Å². The zero-order chi connectivity index (χ0) is 13.2. The first kappa shape index (κ1) is 12.5. The fourth-order valence-corrected chi connectivity index (χ4v) is 2.32. The summed E-state index contributed by atoms with van der Waals surface area (Å²) in [4.78, 5) is 0. The highest BCUT2D eigenvalue weighted by atomic mass is 16.3. The van der Waals surface area contributed by atoms with Crippen molar-refractivity contribution in [3.63, 3.8) is 0 Å². The number of hydrogen-bond acceptors (Lipinski definition) is 2. The fourth-order valence-electron chi connectivity index (χ4n) is 2.32. The lowest BCUT2D eigenvalue weighted by atomic mass is 10.1. The second-order valence-corrected chi connectivity index (χ2v) is 5.56. The van der Waals surface area contributed by atoms with Crippen molar-refractivity contribution < 1.29 is 4.42 Å². The van der Waals surface area contributed by atoms with E-state index in [2.05, 4.69) is 49.5 Å². The third-order valence-corrected chi connectivity index (χ3v) is 3.67. The van der Waals surface area contributed by atoms with Crippen molar-refractivity contribution in [3.8, 4) is 0 Å². The Bertz CT molecular complexity index is 605. The zero-order valence-electron chi connectivity index (χ0n) is 11.7. The maximum absolute atomic E-state index is 5.89. The summed E-state index contributed by atoms with van der Waals surface area (Å²) in [5, 5.41) is 4.72. The highest BCUT2D eigenvalue weighted by molar-refractivity contribution is 5.82. The summed E-state index contributed by atoms with van der Waals surface area (Å²) < 4.78 is 5.89. The van der Waals surface area contributed by atoms with Crippen LogP contribution in [0.1, 0.15) is 37.5 Å². The Hall–Kier alpha value is -1.54. The molecule has 0 saturated heterocycles. The Labute approximate surface area is 114 Å². The lowest BCUT2D eigenvalue weighted by Crippen LogP contribution is -2.16. The van der Waals surface area contributed by atoms with Crippen molar-refractivity contribution in [2.45, 2.75) is 39.2 Å². The summed E-state index contributed by atoms with van der Waals surface area (Å²) in [6.07, 6.45) is 6.04. The van der Waals surface area contributed by atoms with Gasteiger partial charge in [-0.15, -0.1) is 0 Å². The van der Waals surface area contributed by atoms with Gasteiger partial charge in [0.25, 0.3) is 0 Å². The molecular weight excluding hydrogens is 234 g/mol. The second-order valence-electron chi connectivity index (χ2n) is 5.56. The average molecular weight is 255 g/mol. The number of furan rings is 1. The van der Waals surface area contributed by atoms with Gasteiger partial charge in [-0.1, -0.05) is 17.7 Å². The first-order chi connectivity index (χ1) is 9.22. The van der Waals surface area contributed by atoms with Crippen LogP contribution in [-0.2, 0) is 0 Å². The molecule has 1 heterocycles. The van der Waals surface area contributed by atoms with Gasteiger partial charge in [-0.25, -0.2) is 0 Å². The Kier molecular flexibility index (Phi) is 3.43. The Morgan fingerprint density at radius 1 is 1.37 bits per heavy atom. The largest absolute Gasteiger partial charge is 0.456 e. The van der Waals surface area contributed by atoms with Gasteiger partial charge in [0.15, 0.2) is 0 Å². The highest BCUT2D eigenvalue weighted by Crippen LogP contribution is 2.25. The van der Waals surface area contributed by atoms with Crippen molar-refractivity contribution in [3.05, 3.63) is 41.7 Å². The average Bonchev–Trinajstić information content (AvgIpc) is 3.12. The van der Waals surface area contributed by atoms with Crippen molar-refractivity contribution >= 4 is 16.5 Å². The molecule has 19 heavy (non-hydrogen) atoms. The lowest BCUT2D eigenvalue weighted by Gasteiger charge is -1.99. The third-order valence-electron chi connectivity index (χ3n) is 3.67. The molecule has 0 aliphatic heterocycles. The molecule has 2 aromatic rings. The van der Waals surface area contributed by atoms with Gasteiger partial charge in [0.2, 0.25) is 0 Å². The van der Waals surface area contributed by atoms with Crippen molar-refractivity contribution in [1.82, 2.24) is 5.32 Å². The molecule has 1 aromatic heterocycles. The van der Waals surface area contributed by atoms with Gasteiger partial charge in [0, 0.05) is 11.4 Å². The molecule has 0 radical (unpaired) electrons. The monoisotopic (exact) mass is 255 g/mol. The molecule has 0 spiro atoms. The number of allylic oxidation sites excluding steroid dienone is 1. The number of hydrogen-bond donors (Lipinski definition) is 1. The van der Waals surface area contributed by atoms with Gasteiger partial charge >= 0.3 is 0 Å². The Balaban J connectivity index is 1.69. The molecule has 1 aliphatic rings. The van der Waals surface area contributed by atoms with Crippen LogP contribution in [0.4, 0.5) is 0 Å². The minimum atomic E-state index is 0.794. The molecule has 1 aliphatic carbocycles. The van der Waals surface area contributed by atoms with Gasteiger partial charge in [-0.3, -0.25) is 0 Å². The van der Waals surface area contributed by atoms with Crippen LogP contribution in [0.15, 0.2) is 34.8 Å². The van der Waals surface area contributed by atoms with Gasteiger partial charge in [-0.2, -0.15) is 0 Å². The summed E-state index contributed by atoms with van der Waals surface area (Å²) in [5.41, 5.74) is 3.48. The van der Waals surface area contributed by atoms with Crippen LogP contribution < -0.4 is 5.32 Å². The van der Waals surface area contributed by atoms with E-state index in [1.165, 1.54) is 29.4 Å². The smallest absolute Gasteiger partial charge is 0.134 e. The predicted octanol–water partition coefficient (Wildman–Crippen LogP) is 4.29. The van der Waals surface area contributed by atoms with E-state index in [9.17, 15) is 0 Å². The van der Waals surface area contributed by atoms with Gasteiger partial charge in [0.05, 0.1) is 0 Å². The number of rotatable bonds is 5. The predicted molar refractivity (Wildman–Crippen MR) is 80.2 cm³/mol. The van der Waals surface area contributed by atoms with Crippen molar-refractivity contribution in [2.75, 3.05) is 6.54 Å². The van der Waals surface area contributed by atoms with Gasteiger partial charge < -0.3 is 9.73 Å². The van der Waals surface area contributed by atoms with E-state index in [4.69, 9.17) is 4.42 Å². The van der Waals surface area contributed by atoms with Crippen LogP contribution in [0, 0.1) is 6.92 Å². The number of benzene rings is 1. The first-order valence-corrected chi connectivity index (χ1v) is 7.13. The van der Waals surface area contributed by atoms with E-state index in [0.29, 0.717) is 0 Å². The number of fused-ring (bicyclic) bond motifs is 1. The second kappa shape index (κ2) is 5.22. The summed E-state index contributed by atoms with van der Waals surface area (Å²) >= 11 is 0. The fraction of sp³-hybridized carbons (Fsp3) is 0.412. The Morgan fingerprint density at radius 3 is 3.00 bits per heavy atom. The summed E-state index contributed by atoms with van der Waals surface area (Å²) in [5.74, 6) is 0.993. The minimum absolute atomic E-state index is 0.794. The minimum Gasteiger partial charge on any atom is -0.456 e. The quantitative estimate of drug-likeness (QED) is 0.806. The van der Waals surface area contributed by atoms with Crippen LogP contribution in [0.5, 0.6) is 0 Å². The van der Waals surface area contributed by atoms with Crippen LogP contribution in [-0.4, -0.2) is 12.6 Å². The normalized spacial score (nSPS) is 16.2. The molecule has 0 bridgehead atoms. The van der Waals surface area contributed by atoms with E-state index >= 15 is 0 Å². The molecule has 1 N–H and O–H groups in total. The summed E-state index contributed by atoms with van der Waals surface area (Å²) in [7, 11) is 0. The number of nitrogens with one attached hydrogen (secondary N) is 1. The molecule has 3 rings (SSSR count). The molecule has 100 valence electrons. The summed E-state index contributed by atoms with van der Waals surface area (Å²) in [6, 6.07) is 9.25. The van der Waals surface area contributed by atoms with Crippen LogP contribution in [0.2, 0.25) is 0 Å². The standard InChI is InChI=1S/C17H21NO/c1-12-5-8-16-14(10-12)11-17(19-16)13(2)4-3-9-18-15-6-7-15/h4-5,8,10-11,15,18H,3,6-7,9H2,1-2H3/b13-4-. The van der Waals surface area contributed by atoms with Crippen molar-refractivity contribution in [2.24, 2.45) is 0 Å². The first-order valence-electron chi connectivity index (χ1n) is 7.13. The maximum Gasteiger partial charge on any atom is 0.134 e. The third kappa shape index (κ3) is 3.07. The summed E-state index contributed by atoms with van der Waals surface area (Å²) in [6.45, 7) is 5.31. The van der Waals surface area contributed by atoms with Crippen molar-refractivity contribution in [1.29, 1.82) is 0 Å². The van der Waals surface area contributed by atoms with Crippen LogP contribution in [0.25, 0.3) is 16.5 Å². The maximum atomic E-state index is 5.89. The van der Waals surface area contributed by atoms with E-state index in [-0.39, 0.29) is 0 Å². The Morgan fingerprint density at radius 2 is 2.21 bits per heavy atom. The highest BCUT2D eigenvalue weighted by Gasteiger charge is 2.19. The molecule has 2 heteroatoms. The molecule has 1 fully saturated rings.